The summed E-state index contributed by atoms with van der Waals surface area (Å²) < 4.78 is 37.0. The van der Waals surface area contributed by atoms with Gasteiger partial charge in [0.15, 0.2) is 0 Å². The fourth-order valence-corrected chi connectivity index (χ4v) is 1.96. The Hall–Kier alpha value is -1.05. The summed E-state index contributed by atoms with van der Waals surface area (Å²) in [5, 5.41) is 3.17. The monoisotopic (exact) mass is 275 g/mol. The first-order valence-electron chi connectivity index (χ1n) is 5.67. The maximum absolute atomic E-state index is 12.9. The van der Waals surface area contributed by atoms with Crippen LogP contribution in [0.2, 0.25) is 0 Å². The predicted molar refractivity (Wildman–Crippen MR) is 68.1 cm³/mol. The van der Waals surface area contributed by atoms with Gasteiger partial charge < -0.3 is 5.32 Å². The molecule has 1 rings (SSSR count). The molecule has 1 aromatic heterocycles. The molecule has 5 nitrogen and oxygen atoms in total. The topological polar surface area (TPSA) is 71.1 Å². The number of rotatable bonds is 7. The van der Waals surface area contributed by atoms with Crippen LogP contribution in [-0.4, -0.2) is 32.7 Å². The lowest BCUT2D eigenvalue weighted by Crippen LogP contribution is -2.27. The summed E-state index contributed by atoms with van der Waals surface area (Å²) in [6.45, 7) is 2.93. The lowest BCUT2D eigenvalue weighted by atomic mass is 10.1. The van der Waals surface area contributed by atoms with Gasteiger partial charge in [0.1, 0.15) is 5.82 Å². The first-order chi connectivity index (χ1) is 8.38. The second kappa shape index (κ2) is 6.77. The van der Waals surface area contributed by atoms with Crippen molar-refractivity contribution in [3.63, 3.8) is 0 Å². The third kappa shape index (κ3) is 6.04. The number of aromatic nitrogens is 1. The average molecular weight is 275 g/mol. The predicted octanol–water partition coefficient (Wildman–Crippen LogP) is 0.811. The number of nitrogens with zero attached hydrogens (tertiary/aromatic N) is 1. The Morgan fingerprint density at radius 2 is 2.11 bits per heavy atom. The highest BCUT2D eigenvalue weighted by molar-refractivity contribution is 7.88. The smallest absolute Gasteiger partial charge is 0.208 e. The van der Waals surface area contributed by atoms with E-state index in [-0.39, 0.29) is 11.9 Å². The molecule has 0 fully saturated rings. The quantitative estimate of drug-likeness (QED) is 0.722. The van der Waals surface area contributed by atoms with Crippen LogP contribution < -0.4 is 10.0 Å². The molecule has 0 aliphatic carbocycles. The van der Waals surface area contributed by atoms with Gasteiger partial charge in [-0.1, -0.05) is 0 Å². The van der Waals surface area contributed by atoms with Crippen LogP contribution in [0.5, 0.6) is 0 Å². The van der Waals surface area contributed by atoms with Gasteiger partial charge in [0.25, 0.3) is 0 Å². The third-order valence-corrected chi connectivity index (χ3v) is 3.12. The van der Waals surface area contributed by atoms with Crippen LogP contribution in [0.4, 0.5) is 4.39 Å². The molecule has 1 unspecified atom stereocenters. The van der Waals surface area contributed by atoms with E-state index in [0.717, 1.165) is 18.0 Å². The van der Waals surface area contributed by atoms with Crippen LogP contribution in [0.1, 0.15) is 24.9 Å². The molecule has 0 saturated heterocycles. The van der Waals surface area contributed by atoms with E-state index in [2.05, 4.69) is 15.0 Å². The van der Waals surface area contributed by atoms with Gasteiger partial charge in [0.2, 0.25) is 10.0 Å². The maximum Gasteiger partial charge on any atom is 0.208 e. The molecule has 1 heterocycles. The summed E-state index contributed by atoms with van der Waals surface area (Å²) >= 11 is 0. The summed E-state index contributed by atoms with van der Waals surface area (Å²) in [5.41, 5.74) is 0.770. The van der Waals surface area contributed by atoms with Crippen molar-refractivity contribution in [2.75, 3.05) is 19.3 Å². The van der Waals surface area contributed by atoms with Crippen molar-refractivity contribution in [2.45, 2.75) is 19.4 Å². The van der Waals surface area contributed by atoms with E-state index in [1.54, 1.807) is 6.20 Å². The number of hydrogen-bond donors (Lipinski definition) is 2. The Kier molecular flexibility index (Phi) is 5.64. The van der Waals surface area contributed by atoms with Crippen molar-refractivity contribution in [1.82, 2.24) is 15.0 Å². The van der Waals surface area contributed by atoms with Crippen molar-refractivity contribution < 1.29 is 12.8 Å². The zero-order valence-electron chi connectivity index (χ0n) is 10.5. The van der Waals surface area contributed by atoms with E-state index < -0.39 is 10.0 Å². The first kappa shape index (κ1) is 15.0. The van der Waals surface area contributed by atoms with Crippen molar-refractivity contribution in [1.29, 1.82) is 0 Å². The number of sulfonamides is 1. The standard InChI is InChI=1S/C11H18FN3O2S/c1-9(10-6-11(12)8-13-7-10)14-4-3-5-15-18(2,16)17/h6-9,14-15H,3-5H2,1-2H3. The van der Waals surface area contributed by atoms with Gasteiger partial charge in [-0.15, -0.1) is 0 Å². The number of hydrogen-bond acceptors (Lipinski definition) is 4. The molecule has 0 bridgehead atoms. The summed E-state index contributed by atoms with van der Waals surface area (Å²) in [5.74, 6) is -0.361. The summed E-state index contributed by atoms with van der Waals surface area (Å²) in [6, 6.07) is 1.41. The minimum atomic E-state index is -3.12. The highest BCUT2D eigenvalue weighted by atomic mass is 32.2. The lowest BCUT2D eigenvalue weighted by Gasteiger charge is -2.13. The molecular weight excluding hydrogens is 257 g/mol. The van der Waals surface area contributed by atoms with Crippen molar-refractivity contribution in [2.24, 2.45) is 0 Å². The van der Waals surface area contributed by atoms with Gasteiger partial charge in [-0.3, -0.25) is 4.98 Å². The summed E-state index contributed by atoms with van der Waals surface area (Å²) in [4.78, 5) is 3.78. The minimum absolute atomic E-state index is 0.0218. The Bertz CT molecular complexity index is 479. The van der Waals surface area contributed by atoms with Crippen LogP contribution >= 0.6 is 0 Å². The molecule has 2 N–H and O–H groups in total. The Morgan fingerprint density at radius 3 is 2.72 bits per heavy atom. The zero-order chi connectivity index (χ0) is 13.6. The number of pyridine rings is 1. The van der Waals surface area contributed by atoms with Crippen molar-refractivity contribution >= 4 is 10.0 Å². The van der Waals surface area contributed by atoms with Crippen molar-refractivity contribution in [3.05, 3.63) is 29.8 Å². The molecule has 0 aliphatic heterocycles. The molecule has 1 atom stereocenters. The molecule has 0 radical (unpaired) electrons. The molecule has 0 amide bonds. The molecule has 0 aliphatic rings. The number of nitrogens with one attached hydrogen (secondary N) is 2. The lowest BCUT2D eigenvalue weighted by molar-refractivity contribution is 0.541. The fraction of sp³-hybridized carbons (Fsp3) is 0.545. The van der Waals surface area contributed by atoms with Crippen LogP contribution in [0.15, 0.2) is 18.5 Å². The van der Waals surface area contributed by atoms with Gasteiger partial charge in [-0.25, -0.2) is 17.5 Å². The summed E-state index contributed by atoms with van der Waals surface area (Å²) in [7, 11) is -3.12. The molecular formula is C11H18FN3O2S. The van der Waals surface area contributed by atoms with Gasteiger partial charge in [0, 0.05) is 18.8 Å². The second-order valence-corrected chi connectivity index (χ2v) is 5.97. The highest BCUT2D eigenvalue weighted by Crippen LogP contribution is 2.11. The van der Waals surface area contributed by atoms with Crippen LogP contribution in [0.3, 0.4) is 0 Å². The molecule has 0 saturated carbocycles. The summed E-state index contributed by atoms with van der Waals surface area (Å²) in [6.07, 6.45) is 4.56. The highest BCUT2D eigenvalue weighted by Gasteiger charge is 2.06. The van der Waals surface area contributed by atoms with E-state index >= 15 is 0 Å². The average Bonchev–Trinajstić information content (AvgIpc) is 2.26. The van der Waals surface area contributed by atoms with E-state index in [1.165, 1.54) is 6.07 Å². The molecule has 0 spiro atoms. The van der Waals surface area contributed by atoms with E-state index in [4.69, 9.17) is 0 Å². The normalized spacial score (nSPS) is 13.5. The number of halogens is 1. The van der Waals surface area contributed by atoms with E-state index in [1.807, 2.05) is 6.92 Å². The Labute approximate surface area is 107 Å². The minimum Gasteiger partial charge on any atom is -0.310 e. The Morgan fingerprint density at radius 1 is 1.39 bits per heavy atom. The Balaban J connectivity index is 2.27. The van der Waals surface area contributed by atoms with Crippen molar-refractivity contribution in [3.8, 4) is 0 Å². The second-order valence-electron chi connectivity index (χ2n) is 4.13. The van der Waals surface area contributed by atoms with Gasteiger partial charge in [-0.2, -0.15) is 0 Å². The zero-order valence-corrected chi connectivity index (χ0v) is 11.3. The fourth-order valence-electron chi connectivity index (χ4n) is 1.45. The van der Waals surface area contributed by atoms with Gasteiger partial charge >= 0.3 is 0 Å². The largest absolute Gasteiger partial charge is 0.310 e. The molecule has 7 heteroatoms. The SMILES string of the molecule is CC(NCCCNS(C)(=O)=O)c1cncc(F)c1. The van der Waals surface area contributed by atoms with Crippen LogP contribution in [-0.2, 0) is 10.0 Å². The van der Waals surface area contributed by atoms with Gasteiger partial charge in [0.05, 0.1) is 12.5 Å². The third-order valence-electron chi connectivity index (χ3n) is 2.39. The molecule has 102 valence electrons. The van der Waals surface area contributed by atoms with Crippen LogP contribution in [0, 0.1) is 5.82 Å². The van der Waals surface area contributed by atoms with Gasteiger partial charge in [-0.05, 0) is 31.5 Å². The van der Waals surface area contributed by atoms with Crippen LogP contribution in [0.25, 0.3) is 0 Å². The van der Waals surface area contributed by atoms with E-state index in [9.17, 15) is 12.8 Å². The molecule has 0 aromatic carbocycles. The maximum atomic E-state index is 12.9. The molecule has 1 aromatic rings. The molecule has 18 heavy (non-hydrogen) atoms. The first-order valence-corrected chi connectivity index (χ1v) is 7.56. The van der Waals surface area contributed by atoms with E-state index in [0.29, 0.717) is 19.5 Å².